The maximum absolute atomic E-state index is 12.8. The van der Waals surface area contributed by atoms with Crippen LogP contribution in [-0.4, -0.2) is 48.1 Å². The van der Waals surface area contributed by atoms with Crippen molar-refractivity contribution in [3.8, 4) is 0 Å². The topological polar surface area (TPSA) is 67.6 Å². The molecule has 0 unspecified atom stereocenters. The summed E-state index contributed by atoms with van der Waals surface area (Å²) in [5.41, 5.74) is 2.36. The Morgan fingerprint density at radius 3 is 2.79 bits per heavy atom. The van der Waals surface area contributed by atoms with Crippen LogP contribution in [0.4, 0.5) is 0 Å². The zero-order valence-electron chi connectivity index (χ0n) is 16.5. The van der Waals surface area contributed by atoms with E-state index in [2.05, 4.69) is 22.1 Å². The minimum absolute atomic E-state index is 0.00197. The molecule has 1 amide bonds. The van der Waals surface area contributed by atoms with Crippen LogP contribution in [0.15, 0.2) is 35.0 Å². The molecule has 0 radical (unpaired) electrons. The van der Waals surface area contributed by atoms with E-state index in [1.807, 2.05) is 18.2 Å². The number of nitrogens with one attached hydrogen (secondary N) is 1. The summed E-state index contributed by atoms with van der Waals surface area (Å²) in [6.45, 7) is 6.41. The molecule has 150 valence electrons. The van der Waals surface area contributed by atoms with Crippen molar-refractivity contribution in [2.24, 2.45) is 5.92 Å². The number of ether oxygens (including phenoxy) is 1. The molecule has 2 saturated heterocycles. The zero-order valence-corrected chi connectivity index (χ0v) is 16.5. The fraction of sp³-hybridized carbons (Fsp3) is 0.545. The van der Waals surface area contributed by atoms with Crippen LogP contribution in [0.25, 0.3) is 0 Å². The Kier molecular flexibility index (Phi) is 6.07. The van der Waals surface area contributed by atoms with Crippen molar-refractivity contribution in [1.82, 2.24) is 15.2 Å². The highest BCUT2D eigenvalue weighted by Gasteiger charge is 2.31. The van der Waals surface area contributed by atoms with Crippen LogP contribution in [-0.2, 0) is 24.1 Å². The number of hydrogen-bond acceptors (Lipinski definition) is 5. The molecule has 2 aliphatic rings. The molecule has 0 bridgehead atoms. The number of pyridine rings is 1. The number of carbonyl (C=O) groups excluding carboxylic acids is 1. The van der Waals surface area contributed by atoms with Crippen LogP contribution < -0.4 is 5.32 Å². The Balaban J connectivity index is 1.40. The van der Waals surface area contributed by atoms with Crippen molar-refractivity contribution in [1.29, 1.82) is 0 Å². The van der Waals surface area contributed by atoms with Gasteiger partial charge in [-0.25, -0.2) is 0 Å². The van der Waals surface area contributed by atoms with Gasteiger partial charge in [0.15, 0.2) is 5.76 Å². The molecule has 2 aliphatic heterocycles. The van der Waals surface area contributed by atoms with Gasteiger partial charge in [-0.3, -0.25) is 14.7 Å². The molecule has 2 atom stereocenters. The van der Waals surface area contributed by atoms with Crippen LogP contribution in [0.5, 0.6) is 0 Å². The van der Waals surface area contributed by atoms with Gasteiger partial charge >= 0.3 is 0 Å². The summed E-state index contributed by atoms with van der Waals surface area (Å²) >= 11 is 0. The first-order valence-electron chi connectivity index (χ1n) is 10.3. The van der Waals surface area contributed by atoms with E-state index in [9.17, 15) is 4.79 Å². The third-order valence-electron chi connectivity index (χ3n) is 5.80. The molecule has 2 aromatic heterocycles. The van der Waals surface area contributed by atoms with Crippen molar-refractivity contribution in [2.75, 3.05) is 26.3 Å². The van der Waals surface area contributed by atoms with Gasteiger partial charge in [0.25, 0.3) is 5.91 Å². The SMILES string of the molecule is CCc1oc(C(=O)N[C@@H]2COC[C@H]2Cc2ccncc2)cc1CN1CCCC1. The van der Waals surface area contributed by atoms with Gasteiger partial charge in [-0.1, -0.05) is 6.92 Å². The van der Waals surface area contributed by atoms with Crippen LogP contribution in [0.3, 0.4) is 0 Å². The average Bonchev–Trinajstić information content (AvgIpc) is 3.45. The lowest BCUT2D eigenvalue weighted by atomic mass is 9.95. The molecule has 28 heavy (non-hydrogen) atoms. The first-order chi connectivity index (χ1) is 13.7. The molecule has 4 heterocycles. The minimum Gasteiger partial charge on any atom is -0.456 e. The summed E-state index contributed by atoms with van der Waals surface area (Å²) < 4.78 is 11.6. The van der Waals surface area contributed by atoms with Gasteiger partial charge < -0.3 is 14.5 Å². The Labute approximate surface area is 166 Å². The monoisotopic (exact) mass is 383 g/mol. The van der Waals surface area contributed by atoms with Gasteiger partial charge in [0.1, 0.15) is 5.76 Å². The lowest BCUT2D eigenvalue weighted by molar-refractivity contribution is 0.0895. The van der Waals surface area contributed by atoms with E-state index >= 15 is 0 Å². The highest BCUT2D eigenvalue weighted by molar-refractivity contribution is 5.92. The molecule has 2 aromatic rings. The van der Waals surface area contributed by atoms with Crippen LogP contribution in [0.2, 0.25) is 0 Å². The summed E-state index contributed by atoms with van der Waals surface area (Å²) in [5, 5.41) is 3.14. The third kappa shape index (κ3) is 4.45. The fourth-order valence-electron chi connectivity index (χ4n) is 4.21. The standard InChI is InChI=1S/C22H29N3O3/c1-2-20-17(13-25-9-3-4-10-25)12-21(28-20)22(26)24-19-15-27-14-18(19)11-16-5-7-23-8-6-16/h5-8,12,18-19H,2-4,9-11,13-15H2,1H3,(H,24,26)/t18-,19-/m1/s1. The molecular weight excluding hydrogens is 354 g/mol. The van der Waals surface area contributed by atoms with Crippen LogP contribution in [0.1, 0.15) is 47.2 Å². The largest absolute Gasteiger partial charge is 0.456 e. The summed E-state index contributed by atoms with van der Waals surface area (Å²) in [6, 6.07) is 5.96. The Bertz CT molecular complexity index is 784. The normalized spacial score (nSPS) is 22.6. The second-order valence-corrected chi connectivity index (χ2v) is 7.83. The molecule has 1 N–H and O–H groups in total. The van der Waals surface area contributed by atoms with Crippen molar-refractivity contribution in [3.05, 3.63) is 53.2 Å². The molecular formula is C22H29N3O3. The van der Waals surface area contributed by atoms with Crippen LogP contribution >= 0.6 is 0 Å². The summed E-state index contributed by atoms with van der Waals surface area (Å²) in [4.78, 5) is 19.3. The second kappa shape index (κ2) is 8.88. The third-order valence-corrected chi connectivity index (χ3v) is 5.80. The van der Waals surface area contributed by atoms with Gasteiger partial charge in [0.05, 0.1) is 19.3 Å². The number of rotatable bonds is 7. The van der Waals surface area contributed by atoms with Crippen molar-refractivity contribution in [3.63, 3.8) is 0 Å². The van der Waals surface area contributed by atoms with Gasteiger partial charge in [0, 0.05) is 36.8 Å². The smallest absolute Gasteiger partial charge is 0.287 e. The summed E-state index contributed by atoms with van der Waals surface area (Å²) in [7, 11) is 0. The molecule has 0 spiro atoms. The fourth-order valence-corrected chi connectivity index (χ4v) is 4.21. The number of carbonyl (C=O) groups is 1. The molecule has 4 rings (SSSR count). The lowest BCUT2D eigenvalue weighted by Crippen LogP contribution is -2.40. The van der Waals surface area contributed by atoms with E-state index in [1.54, 1.807) is 12.4 Å². The van der Waals surface area contributed by atoms with E-state index in [4.69, 9.17) is 9.15 Å². The molecule has 0 aliphatic carbocycles. The van der Waals surface area contributed by atoms with Gasteiger partial charge in [-0.15, -0.1) is 0 Å². The maximum Gasteiger partial charge on any atom is 0.287 e. The van der Waals surface area contributed by atoms with E-state index in [1.165, 1.54) is 18.4 Å². The van der Waals surface area contributed by atoms with Gasteiger partial charge in [-0.2, -0.15) is 0 Å². The first kappa shape index (κ1) is 19.2. The molecule has 0 aromatic carbocycles. The quantitative estimate of drug-likeness (QED) is 0.796. The van der Waals surface area contributed by atoms with E-state index in [0.717, 1.165) is 43.8 Å². The van der Waals surface area contributed by atoms with Crippen molar-refractivity contribution < 1.29 is 13.9 Å². The van der Waals surface area contributed by atoms with E-state index in [0.29, 0.717) is 19.0 Å². The van der Waals surface area contributed by atoms with Gasteiger partial charge in [-0.05, 0) is 56.1 Å². The number of aryl methyl sites for hydroxylation is 1. The summed E-state index contributed by atoms with van der Waals surface area (Å²) in [5.74, 6) is 1.46. The number of furan rings is 1. The van der Waals surface area contributed by atoms with Gasteiger partial charge in [0.2, 0.25) is 0 Å². The Morgan fingerprint density at radius 1 is 1.25 bits per heavy atom. The predicted octanol–water partition coefficient (Wildman–Crippen LogP) is 2.82. The summed E-state index contributed by atoms with van der Waals surface area (Å²) in [6.07, 6.45) is 7.78. The minimum atomic E-state index is -0.141. The molecule has 6 nitrogen and oxygen atoms in total. The molecule has 6 heteroatoms. The zero-order chi connectivity index (χ0) is 19.3. The van der Waals surface area contributed by atoms with Crippen molar-refractivity contribution in [2.45, 2.75) is 45.2 Å². The number of nitrogens with zero attached hydrogens (tertiary/aromatic N) is 2. The molecule has 2 fully saturated rings. The second-order valence-electron chi connectivity index (χ2n) is 7.83. The number of amides is 1. The van der Waals surface area contributed by atoms with E-state index < -0.39 is 0 Å². The Morgan fingerprint density at radius 2 is 2.04 bits per heavy atom. The van der Waals surface area contributed by atoms with Crippen molar-refractivity contribution >= 4 is 5.91 Å². The highest BCUT2D eigenvalue weighted by atomic mass is 16.5. The molecule has 0 saturated carbocycles. The highest BCUT2D eigenvalue weighted by Crippen LogP contribution is 2.23. The predicted molar refractivity (Wildman–Crippen MR) is 106 cm³/mol. The average molecular weight is 383 g/mol. The number of aromatic nitrogens is 1. The Hall–Kier alpha value is -2.18. The van der Waals surface area contributed by atoms with E-state index in [-0.39, 0.29) is 17.9 Å². The maximum atomic E-state index is 12.8. The van der Waals surface area contributed by atoms with Crippen LogP contribution in [0, 0.1) is 5.92 Å². The lowest BCUT2D eigenvalue weighted by Gasteiger charge is -2.18. The number of likely N-dealkylation sites (tertiary alicyclic amines) is 1. The first-order valence-corrected chi connectivity index (χ1v) is 10.3. The number of hydrogen-bond donors (Lipinski definition) is 1.